The van der Waals surface area contributed by atoms with Crippen molar-refractivity contribution in [3.05, 3.63) is 83.2 Å². The highest BCUT2D eigenvalue weighted by Crippen LogP contribution is 2.27. The molecular formula is C31H34ClF2N5O7. The third-order valence-electron chi connectivity index (χ3n) is 6.85. The molecule has 0 saturated heterocycles. The van der Waals surface area contributed by atoms with Crippen molar-refractivity contribution in [1.82, 2.24) is 20.9 Å². The first kappa shape index (κ1) is 35.7. The molecule has 3 aromatic rings. The summed E-state index contributed by atoms with van der Waals surface area (Å²) in [6.45, 7) is 5.27. The molecule has 0 radical (unpaired) electrons. The molecule has 0 bridgehead atoms. The molecule has 0 aliphatic heterocycles. The van der Waals surface area contributed by atoms with Crippen molar-refractivity contribution in [1.29, 1.82) is 0 Å². The number of rotatable bonds is 14. The molecule has 5 N–H and O–H groups in total. The van der Waals surface area contributed by atoms with Crippen LogP contribution in [0.5, 0.6) is 0 Å². The molecule has 2 aromatic carbocycles. The molecule has 2 atom stereocenters. The van der Waals surface area contributed by atoms with Gasteiger partial charge in [-0.1, -0.05) is 37.2 Å². The van der Waals surface area contributed by atoms with E-state index in [4.69, 9.17) is 21.1 Å². The number of carbonyl (C=O) groups is 4. The highest BCUT2D eigenvalue weighted by molar-refractivity contribution is 6.31. The van der Waals surface area contributed by atoms with Crippen molar-refractivity contribution in [2.45, 2.75) is 39.3 Å². The van der Waals surface area contributed by atoms with Crippen LogP contribution in [0.2, 0.25) is 5.02 Å². The van der Waals surface area contributed by atoms with Gasteiger partial charge in [-0.3, -0.25) is 14.9 Å². The van der Waals surface area contributed by atoms with Crippen LogP contribution >= 0.6 is 11.6 Å². The molecule has 1 aromatic heterocycles. The number of pyridine rings is 1. The van der Waals surface area contributed by atoms with Crippen molar-refractivity contribution in [2.24, 2.45) is 5.41 Å². The lowest BCUT2D eigenvalue weighted by Crippen LogP contribution is -2.50. The lowest BCUT2D eigenvalue weighted by Gasteiger charge is -2.29. The van der Waals surface area contributed by atoms with Gasteiger partial charge in [0.05, 0.1) is 29.4 Å². The summed E-state index contributed by atoms with van der Waals surface area (Å²) in [7, 11) is 0. The van der Waals surface area contributed by atoms with Gasteiger partial charge in [-0.2, -0.15) is 0 Å². The number of aliphatic hydroxyl groups is 1. The summed E-state index contributed by atoms with van der Waals surface area (Å²) in [6, 6.07) is 8.45. The molecule has 0 spiro atoms. The van der Waals surface area contributed by atoms with E-state index in [1.165, 1.54) is 43.5 Å². The Morgan fingerprint density at radius 3 is 2.54 bits per heavy atom. The highest BCUT2D eigenvalue weighted by Gasteiger charge is 2.34. The summed E-state index contributed by atoms with van der Waals surface area (Å²) in [4.78, 5) is 54.4. The quantitative estimate of drug-likeness (QED) is 0.157. The minimum absolute atomic E-state index is 0.0119. The fourth-order valence-corrected chi connectivity index (χ4v) is 4.42. The SMILES string of the molecule is C=C(C)OC(=O)N[C@@H](CO)C(=O)NCCC(C)(CCOC(=O)Nc1cc2cc(F)ccc2cn1)C(=O)NCc1cccc(F)c1Cl. The third-order valence-corrected chi connectivity index (χ3v) is 7.28. The number of anilines is 1. The molecule has 1 unspecified atom stereocenters. The van der Waals surface area contributed by atoms with E-state index in [1.807, 2.05) is 0 Å². The number of nitrogens with zero attached hydrogens (tertiary/aromatic N) is 1. The first-order valence-electron chi connectivity index (χ1n) is 14.0. The van der Waals surface area contributed by atoms with Crippen molar-refractivity contribution in [3.63, 3.8) is 0 Å². The zero-order valence-corrected chi connectivity index (χ0v) is 25.9. The number of aliphatic hydroxyl groups excluding tert-OH is 1. The molecule has 0 aliphatic rings. The first-order valence-corrected chi connectivity index (χ1v) is 14.4. The smallest absolute Gasteiger partial charge is 0.412 e. The minimum atomic E-state index is -1.34. The Balaban J connectivity index is 1.63. The van der Waals surface area contributed by atoms with Crippen LogP contribution < -0.4 is 21.3 Å². The van der Waals surface area contributed by atoms with Crippen LogP contribution in [0.3, 0.4) is 0 Å². The van der Waals surface area contributed by atoms with Crippen LogP contribution in [0.15, 0.2) is 61.0 Å². The van der Waals surface area contributed by atoms with Crippen LogP contribution in [-0.4, -0.2) is 59.9 Å². The van der Waals surface area contributed by atoms with E-state index in [0.717, 1.165) is 0 Å². The molecule has 15 heteroatoms. The molecule has 0 aliphatic carbocycles. The topological polar surface area (TPSA) is 168 Å². The Labute approximate surface area is 268 Å². The van der Waals surface area contributed by atoms with Gasteiger partial charge in [-0.25, -0.2) is 23.4 Å². The Morgan fingerprint density at radius 2 is 1.83 bits per heavy atom. The molecule has 46 heavy (non-hydrogen) atoms. The number of halogens is 3. The summed E-state index contributed by atoms with van der Waals surface area (Å²) in [5.74, 6) is -2.15. The summed E-state index contributed by atoms with van der Waals surface area (Å²) < 4.78 is 37.5. The lowest BCUT2D eigenvalue weighted by molar-refractivity contribution is -0.132. The Kier molecular flexibility index (Phi) is 12.8. The second-order valence-electron chi connectivity index (χ2n) is 10.5. The molecule has 1 heterocycles. The zero-order valence-electron chi connectivity index (χ0n) is 25.1. The van der Waals surface area contributed by atoms with Crippen LogP contribution in [0.1, 0.15) is 32.3 Å². The fraction of sp³-hybridized carbons (Fsp3) is 0.323. The monoisotopic (exact) mass is 661 g/mol. The van der Waals surface area contributed by atoms with Gasteiger partial charge in [0.2, 0.25) is 11.8 Å². The predicted molar refractivity (Wildman–Crippen MR) is 166 cm³/mol. The maximum atomic E-state index is 13.9. The molecule has 0 fully saturated rings. The molecule has 4 amide bonds. The lowest BCUT2D eigenvalue weighted by atomic mass is 9.82. The number of carbonyl (C=O) groups excluding carboxylic acids is 4. The summed E-state index contributed by atoms with van der Waals surface area (Å²) in [5, 5.41) is 20.5. The predicted octanol–water partition coefficient (Wildman–Crippen LogP) is 4.55. The molecule has 3 rings (SSSR count). The second kappa shape index (κ2) is 16.5. The Bertz CT molecular complexity index is 1610. The Morgan fingerprint density at radius 1 is 1.07 bits per heavy atom. The van der Waals surface area contributed by atoms with Crippen LogP contribution in [0, 0.1) is 17.0 Å². The first-order chi connectivity index (χ1) is 21.8. The second-order valence-corrected chi connectivity index (χ2v) is 10.9. The average Bonchev–Trinajstić information content (AvgIpc) is 2.99. The van der Waals surface area contributed by atoms with Crippen molar-refractivity contribution >= 4 is 52.2 Å². The van der Waals surface area contributed by atoms with E-state index >= 15 is 0 Å². The summed E-state index contributed by atoms with van der Waals surface area (Å²) in [6.07, 6.45) is -0.376. The largest absolute Gasteiger partial charge is 0.449 e. The number of amides is 4. The van der Waals surface area contributed by atoms with E-state index in [0.29, 0.717) is 16.3 Å². The van der Waals surface area contributed by atoms with Crippen LogP contribution in [0.4, 0.5) is 24.2 Å². The van der Waals surface area contributed by atoms with Gasteiger partial charge in [-0.05, 0) is 61.0 Å². The van der Waals surface area contributed by atoms with Gasteiger partial charge >= 0.3 is 12.2 Å². The molecule has 0 saturated carbocycles. The normalized spacial score (nSPS) is 12.7. The summed E-state index contributed by atoms with van der Waals surface area (Å²) in [5.41, 5.74) is -0.907. The van der Waals surface area contributed by atoms with E-state index in [9.17, 15) is 33.1 Å². The zero-order chi connectivity index (χ0) is 33.9. The van der Waals surface area contributed by atoms with Crippen LogP contribution in [0.25, 0.3) is 10.8 Å². The number of allylic oxidation sites excluding steroid dienone is 1. The standard InChI is InChI=1S/C31H34ClF2N5O7/c1-18(2)46-30(44)38-24(17-40)27(41)35-11-9-31(3,28(42)37-16-20-5-4-6-23(34)26(20)32)10-12-45-29(43)39-25-14-21-13-22(33)8-7-19(21)15-36-25/h4-8,13-15,24,40H,1,9-12,16-17H2,2-3H3,(H,35,41)(H,37,42)(H,38,44)(H,36,39,43)/t24-,31?/m0/s1. The van der Waals surface area contributed by atoms with Crippen LogP contribution in [-0.2, 0) is 25.6 Å². The van der Waals surface area contributed by atoms with Gasteiger partial charge in [0.25, 0.3) is 0 Å². The van der Waals surface area contributed by atoms with Crippen molar-refractivity contribution in [3.8, 4) is 0 Å². The van der Waals surface area contributed by atoms with Crippen molar-refractivity contribution in [2.75, 3.05) is 25.1 Å². The van der Waals surface area contributed by atoms with Gasteiger partial charge in [0, 0.05) is 24.7 Å². The number of fused-ring (bicyclic) bond motifs is 1. The number of ether oxygens (including phenoxy) is 2. The number of hydrogen-bond acceptors (Lipinski definition) is 8. The highest BCUT2D eigenvalue weighted by atomic mass is 35.5. The number of aromatic nitrogens is 1. The van der Waals surface area contributed by atoms with E-state index in [-0.39, 0.29) is 49.1 Å². The van der Waals surface area contributed by atoms with E-state index in [2.05, 4.69) is 32.8 Å². The maximum absolute atomic E-state index is 13.9. The fourth-order valence-electron chi connectivity index (χ4n) is 4.22. The minimum Gasteiger partial charge on any atom is -0.449 e. The van der Waals surface area contributed by atoms with Gasteiger partial charge in [-0.15, -0.1) is 0 Å². The average molecular weight is 662 g/mol. The number of alkyl carbamates (subject to hydrolysis) is 1. The number of nitrogens with one attached hydrogen (secondary N) is 4. The molecule has 12 nitrogen and oxygen atoms in total. The maximum Gasteiger partial charge on any atom is 0.412 e. The van der Waals surface area contributed by atoms with Crippen molar-refractivity contribution < 1.29 is 42.5 Å². The van der Waals surface area contributed by atoms with Gasteiger partial charge < -0.3 is 30.5 Å². The van der Waals surface area contributed by atoms with E-state index < -0.39 is 53.7 Å². The molecular weight excluding hydrogens is 628 g/mol. The van der Waals surface area contributed by atoms with Gasteiger partial charge in [0.1, 0.15) is 23.5 Å². The van der Waals surface area contributed by atoms with E-state index in [1.54, 1.807) is 19.1 Å². The number of benzene rings is 2. The third kappa shape index (κ3) is 10.4. The number of hydrogen-bond donors (Lipinski definition) is 5. The van der Waals surface area contributed by atoms with Gasteiger partial charge in [0.15, 0.2) is 0 Å². The molecule has 246 valence electrons. The Hall–Kier alpha value is -4.82. The summed E-state index contributed by atoms with van der Waals surface area (Å²) >= 11 is 6.02.